The summed E-state index contributed by atoms with van der Waals surface area (Å²) in [5, 5.41) is 11.9. The second-order valence-corrected chi connectivity index (χ2v) is 6.43. The number of piperazine rings is 1. The van der Waals surface area contributed by atoms with E-state index < -0.39 is 0 Å². The molecular formula is C20H22N4O. The number of anilines is 1. The van der Waals surface area contributed by atoms with Gasteiger partial charge < -0.3 is 10.2 Å². The smallest absolute Gasteiger partial charge is 0.255 e. The third-order valence-electron chi connectivity index (χ3n) is 4.44. The number of nitrogens with one attached hydrogen (secondary N) is 1. The first-order chi connectivity index (χ1) is 12.1. The maximum Gasteiger partial charge on any atom is 0.255 e. The number of amides is 1. The highest BCUT2D eigenvalue weighted by Crippen LogP contribution is 2.15. The zero-order valence-electron chi connectivity index (χ0n) is 14.4. The van der Waals surface area contributed by atoms with Gasteiger partial charge in [-0.05, 0) is 42.9 Å². The van der Waals surface area contributed by atoms with Gasteiger partial charge in [0.25, 0.3) is 5.91 Å². The summed E-state index contributed by atoms with van der Waals surface area (Å²) in [6.07, 6.45) is 0. The van der Waals surface area contributed by atoms with Crippen LogP contribution in [-0.4, -0.2) is 48.9 Å². The molecule has 0 radical (unpaired) electrons. The number of hydrogen-bond donors (Lipinski definition) is 1. The Labute approximate surface area is 148 Å². The standard InChI is InChI=1S/C20H22N4O/c1-23-8-10-24(11-9-23)15-17-5-3-7-19(13-17)22-20(25)18-6-2-4-16(12-18)14-21/h2-7,12-13H,8-11,15H2,1H3,(H,22,25). The highest BCUT2D eigenvalue weighted by atomic mass is 16.1. The van der Waals surface area contributed by atoms with Crippen molar-refractivity contribution in [1.29, 1.82) is 5.26 Å². The van der Waals surface area contributed by atoms with Crippen molar-refractivity contribution in [2.75, 3.05) is 38.5 Å². The van der Waals surface area contributed by atoms with Crippen LogP contribution in [-0.2, 0) is 6.54 Å². The molecule has 25 heavy (non-hydrogen) atoms. The molecule has 5 nitrogen and oxygen atoms in total. The monoisotopic (exact) mass is 334 g/mol. The summed E-state index contributed by atoms with van der Waals surface area (Å²) in [4.78, 5) is 17.1. The van der Waals surface area contributed by atoms with Gasteiger partial charge in [0.05, 0.1) is 11.6 Å². The first-order valence-corrected chi connectivity index (χ1v) is 8.45. The number of rotatable bonds is 4. The molecule has 2 aromatic carbocycles. The number of likely N-dealkylation sites (N-methyl/N-ethyl adjacent to an activating group) is 1. The zero-order chi connectivity index (χ0) is 17.6. The number of hydrogen-bond acceptors (Lipinski definition) is 4. The van der Waals surface area contributed by atoms with Crippen LogP contribution in [0, 0.1) is 11.3 Å². The Balaban J connectivity index is 1.65. The minimum atomic E-state index is -0.200. The normalized spacial score (nSPS) is 15.5. The van der Waals surface area contributed by atoms with Crippen LogP contribution in [0.3, 0.4) is 0 Å². The minimum Gasteiger partial charge on any atom is -0.322 e. The van der Waals surface area contributed by atoms with Crippen LogP contribution in [0.15, 0.2) is 48.5 Å². The fraction of sp³-hybridized carbons (Fsp3) is 0.300. The maximum atomic E-state index is 12.4. The van der Waals surface area contributed by atoms with Gasteiger partial charge in [-0.3, -0.25) is 9.69 Å². The Bertz CT molecular complexity index is 788. The molecule has 1 N–H and O–H groups in total. The van der Waals surface area contributed by atoms with E-state index in [0.717, 1.165) is 38.4 Å². The second kappa shape index (κ2) is 7.93. The van der Waals surface area contributed by atoms with Gasteiger partial charge in [-0.1, -0.05) is 18.2 Å². The molecule has 1 aliphatic heterocycles. The van der Waals surface area contributed by atoms with Crippen molar-refractivity contribution >= 4 is 11.6 Å². The van der Waals surface area contributed by atoms with Crippen LogP contribution >= 0.6 is 0 Å². The van der Waals surface area contributed by atoms with Gasteiger partial charge in [0, 0.05) is 44.0 Å². The van der Waals surface area contributed by atoms with E-state index >= 15 is 0 Å². The summed E-state index contributed by atoms with van der Waals surface area (Å²) in [5.74, 6) is -0.200. The van der Waals surface area contributed by atoms with E-state index in [1.54, 1.807) is 24.3 Å². The molecule has 5 heteroatoms. The molecule has 1 amide bonds. The van der Waals surface area contributed by atoms with Crippen molar-refractivity contribution in [3.05, 3.63) is 65.2 Å². The second-order valence-electron chi connectivity index (χ2n) is 6.43. The Kier molecular flexibility index (Phi) is 5.44. The van der Waals surface area contributed by atoms with Crippen LogP contribution in [0.2, 0.25) is 0 Å². The molecule has 0 aromatic heterocycles. The summed E-state index contributed by atoms with van der Waals surface area (Å²) >= 11 is 0. The van der Waals surface area contributed by atoms with E-state index in [4.69, 9.17) is 5.26 Å². The SMILES string of the molecule is CN1CCN(Cc2cccc(NC(=O)c3cccc(C#N)c3)c2)CC1. The highest BCUT2D eigenvalue weighted by Gasteiger charge is 2.14. The molecule has 128 valence electrons. The number of carbonyl (C=O) groups excluding carboxylic acids is 1. The fourth-order valence-corrected chi connectivity index (χ4v) is 2.94. The molecule has 1 aliphatic rings. The van der Waals surface area contributed by atoms with Gasteiger partial charge >= 0.3 is 0 Å². The molecule has 1 fully saturated rings. The summed E-state index contributed by atoms with van der Waals surface area (Å²) in [6, 6.07) is 16.7. The summed E-state index contributed by atoms with van der Waals surface area (Å²) in [5.41, 5.74) is 2.94. The van der Waals surface area contributed by atoms with Crippen molar-refractivity contribution in [1.82, 2.24) is 9.80 Å². The van der Waals surface area contributed by atoms with Crippen LogP contribution in [0.4, 0.5) is 5.69 Å². The average Bonchev–Trinajstić information content (AvgIpc) is 2.64. The van der Waals surface area contributed by atoms with E-state index in [2.05, 4.69) is 34.3 Å². The van der Waals surface area contributed by atoms with Crippen molar-refractivity contribution in [3.63, 3.8) is 0 Å². The molecule has 1 heterocycles. The molecular weight excluding hydrogens is 312 g/mol. The van der Waals surface area contributed by atoms with E-state index in [1.165, 1.54) is 5.56 Å². The molecule has 2 aromatic rings. The Morgan fingerprint density at radius 1 is 1.12 bits per heavy atom. The molecule has 0 saturated carbocycles. The lowest BCUT2D eigenvalue weighted by molar-refractivity contribution is 0.102. The van der Waals surface area contributed by atoms with Crippen LogP contribution in [0.1, 0.15) is 21.5 Å². The fourth-order valence-electron chi connectivity index (χ4n) is 2.94. The van der Waals surface area contributed by atoms with Gasteiger partial charge in [-0.15, -0.1) is 0 Å². The van der Waals surface area contributed by atoms with Crippen molar-refractivity contribution in [3.8, 4) is 6.07 Å². The van der Waals surface area contributed by atoms with Crippen LogP contribution < -0.4 is 5.32 Å². The van der Waals surface area contributed by atoms with Crippen molar-refractivity contribution < 1.29 is 4.79 Å². The largest absolute Gasteiger partial charge is 0.322 e. The Morgan fingerprint density at radius 2 is 1.88 bits per heavy atom. The first kappa shape index (κ1) is 17.2. The van der Waals surface area contributed by atoms with Crippen LogP contribution in [0.25, 0.3) is 0 Å². The molecule has 0 spiro atoms. The number of nitriles is 1. The van der Waals surface area contributed by atoms with Crippen molar-refractivity contribution in [2.45, 2.75) is 6.54 Å². The quantitative estimate of drug-likeness (QED) is 0.933. The molecule has 0 bridgehead atoms. The first-order valence-electron chi connectivity index (χ1n) is 8.45. The molecule has 0 unspecified atom stereocenters. The molecule has 0 atom stereocenters. The van der Waals surface area contributed by atoms with Gasteiger partial charge in [-0.25, -0.2) is 0 Å². The Morgan fingerprint density at radius 3 is 2.64 bits per heavy atom. The van der Waals surface area contributed by atoms with Gasteiger partial charge in [-0.2, -0.15) is 5.26 Å². The zero-order valence-corrected chi connectivity index (χ0v) is 14.4. The van der Waals surface area contributed by atoms with Gasteiger partial charge in [0.1, 0.15) is 0 Å². The number of carbonyl (C=O) groups is 1. The van der Waals surface area contributed by atoms with Crippen molar-refractivity contribution in [2.24, 2.45) is 0 Å². The Hall–Kier alpha value is -2.68. The lowest BCUT2D eigenvalue weighted by atomic mass is 10.1. The highest BCUT2D eigenvalue weighted by molar-refractivity contribution is 6.04. The molecule has 1 saturated heterocycles. The van der Waals surface area contributed by atoms with Gasteiger partial charge in [0.15, 0.2) is 0 Å². The topological polar surface area (TPSA) is 59.4 Å². The van der Waals surface area contributed by atoms with E-state index in [-0.39, 0.29) is 5.91 Å². The maximum absolute atomic E-state index is 12.4. The third kappa shape index (κ3) is 4.66. The number of nitrogens with zero attached hydrogens (tertiary/aromatic N) is 3. The lowest BCUT2D eigenvalue weighted by Gasteiger charge is -2.32. The van der Waals surface area contributed by atoms with E-state index in [1.807, 2.05) is 18.2 Å². The van der Waals surface area contributed by atoms with E-state index in [0.29, 0.717) is 11.1 Å². The predicted molar refractivity (Wildman–Crippen MR) is 98.3 cm³/mol. The third-order valence-corrected chi connectivity index (χ3v) is 4.44. The predicted octanol–water partition coefficient (Wildman–Crippen LogP) is 2.56. The summed E-state index contributed by atoms with van der Waals surface area (Å²) in [6.45, 7) is 5.20. The summed E-state index contributed by atoms with van der Waals surface area (Å²) in [7, 11) is 2.15. The number of benzene rings is 2. The lowest BCUT2D eigenvalue weighted by Crippen LogP contribution is -2.43. The summed E-state index contributed by atoms with van der Waals surface area (Å²) < 4.78 is 0. The van der Waals surface area contributed by atoms with Crippen LogP contribution in [0.5, 0.6) is 0 Å². The minimum absolute atomic E-state index is 0.200. The van der Waals surface area contributed by atoms with Gasteiger partial charge in [0.2, 0.25) is 0 Å². The van der Waals surface area contributed by atoms with E-state index in [9.17, 15) is 4.79 Å². The molecule has 0 aliphatic carbocycles. The molecule has 3 rings (SSSR count). The average molecular weight is 334 g/mol.